The van der Waals surface area contributed by atoms with E-state index in [1.165, 1.54) is 22.0 Å². The van der Waals surface area contributed by atoms with Gasteiger partial charge in [-0.05, 0) is 35.7 Å². The van der Waals surface area contributed by atoms with Gasteiger partial charge in [-0.3, -0.25) is 4.79 Å². The highest BCUT2D eigenvalue weighted by atomic mass is 16.1. The molecule has 1 aromatic heterocycles. The molecular weight excluding hydrogens is 246 g/mol. The van der Waals surface area contributed by atoms with Crippen molar-refractivity contribution < 1.29 is 4.79 Å². The first-order valence-electron chi connectivity index (χ1n) is 6.78. The Morgan fingerprint density at radius 3 is 2.50 bits per heavy atom. The lowest BCUT2D eigenvalue weighted by Crippen LogP contribution is -1.94. The minimum absolute atomic E-state index is 0.197. The molecule has 0 fully saturated rings. The number of fused-ring (bicyclic) bond motifs is 1. The monoisotopic (exact) mass is 263 g/mol. The van der Waals surface area contributed by atoms with Gasteiger partial charge >= 0.3 is 0 Å². The summed E-state index contributed by atoms with van der Waals surface area (Å²) in [5.74, 6) is 0.197. The van der Waals surface area contributed by atoms with Crippen LogP contribution >= 0.6 is 0 Å². The molecule has 3 rings (SSSR count). The molecule has 0 saturated carbocycles. The molecular formula is C18H17NO. The van der Waals surface area contributed by atoms with Crippen molar-refractivity contribution in [2.24, 2.45) is 7.05 Å². The second kappa shape index (κ2) is 4.97. The summed E-state index contributed by atoms with van der Waals surface area (Å²) in [6, 6.07) is 16.8. The van der Waals surface area contributed by atoms with Gasteiger partial charge in [0.05, 0.1) is 0 Å². The average molecular weight is 263 g/mol. The number of nitrogens with zero attached hydrogens (tertiary/aromatic N) is 1. The molecule has 0 saturated heterocycles. The number of rotatable bonds is 3. The van der Waals surface area contributed by atoms with Crippen molar-refractivity contribution in [1.82, 2.24) is 4.57 Å². The van der Waals surface area contributed by atoms with Gasteiger partial charge in [0.15, 0.2) is 0 Å². The van der Waals surface area contributed by atoms with E-state index >= 15 is 0 Å². The fourth-order valence-corrected chi connectivity index (χ4v) is 2.69. The number of aromatic nitrogens is 1. The summed E-state index contributed by atoms with van der Waals surface area (Å²) in [5, 5.41) is 1.17. The fourth-order valence-electron chi connectivity index (χ4n) is 2.69. The van der Waals surface area contributed by atoms with Crippen molar-refractivity contribution in [3.05, 3.63) is 60.3 Å². The van der Waals surface area contributed by atoms with Crippen LogP contribution in [-0.4, -0.2) is 10.4 Å². The molecule has 0 aliphatic rings. The van der Waals surface area contributed by atoms with Crippen LogP contribution in [0.3, 0.4) is 0 Å². The van der Waals surface area contributed by atoms with E-state index in [0.29, 0.717) is 6.42 Å². The van der Waals surface area contributed by atoms with Gasteiger partial charge in [-0.15, -0.1) is 0 Å². The lowest BCUT2D eigenvalue weighted by Gasteiger charge is -2.03. The van der Waals surface area contributed by atoms with Gasteiger partial charge in [0, 0.05) is 30.6 Å². The van der Waals surface area contributed by atoms with Crippen LogP contribution < -0.4 is 0 Å². The van der Waals surface area contributed by atoms with Gasteiger partial charge in [0.1, 0.15) is 5.78 Å². The Morgan fingerprint density at radius 2 is 1.80 bits per heavy atom. The molecule has 20 heavy (non-hydrogen) atoms. The SMILES string of the molecule is CC(=O)Cc1cn(C)c2ccc(-c3ccccc3)cc12. The maximum absolute atomic E-state index is 11.4. The van der Waals surface area contributed by atoms with Crippen LogP contribution in [0.15, 0.2) is 54.7 Å². The summed E-state index contributed by atoms with van der Waals surface area (Å²) in [5.41, 5.74) is 4.66. The van der Waals surface area contributed by atoms with Gasteiger partial charge < -0.3 is 4.57 Å². The zero-order chi connectivity index (χ0) is 14.1. The first kappa shape index (κ1) is 12.7. The largest absolute Gasteiger partial charge is 0.350 e. The molecule has 0 aliphatic heterocycles. The number of aryl methyl sites for hydroxylation is 1. The summed E-state index contributed by atoms with van der Waals surface area (Å²) < 4.78 is 2.09. The second-order valence-electron chi connectivity index (χ2n) is 5.24. The van der Waals surface area contributed by atoms with Gasteiger partial charge in [-0.25, -0.2) is 0 Å². The Kier molecular flexibility index (Phi) is 3.15. The van der Waals surface area contributed by atoms with Crippen molar-refractivity contribution >= 4 is 16.7 Å². The molecule has 0 atom stereocenters. The first-order chi connectivity index (χ1) is 9.65. The van der Waals surface area contributed by atoms with Crippen LogP contribution in [0, 0.1) is 0 Å². The van der Waals surface area contributed by atoms with E-state index in [4.69, 9.17) is 0 Å². The van der Waals surface area contributed by atoms with Gasteiger partial charge in [-0.1, -0.05) is 36.4 Å². The third-order valence-electron chi connectivity index (χ3n) is 3.62. The van der Waals surface area contributed by atoms with Crippen LogP contribution in [-0.2, 0) is 18.3 Å². The Hall–Kier alpha value is -2.35. The Bertz CT molecular complexity index is 769. The van der Waals surface area contributed by atoms with Gasteiger partial charge in [0.2, 0.25) is 0 Å². The van der Waals surface area contributed by atoms with E-state index in [-0.39, 0.29) is 5.78 Å². The Morgan fingerprint density at radius 1 is 1.05 bits per heavy atom. The maximum Gasteiger partial charge on any atom is 0.134 e. The van der Waals surface area contributed by atoms with Crippen molar-refractivity contribution in [1.29, 1.82) is 0 Å². The Labute approximate surface area is 118 Å². The van der Waals surface area contributed by atoms with Crippen LogP contribution in [0.2, 0.25) is 0 Å². The molecule has 0 bridgehead atoms. The number of hydrogen-bond donors (Lipinski definition) is 0. The number of carbonyl (C=O) groups is 1. The highest BCUT2D eigenvalue weighted by Gasteiger charge is 2.09. The predicted molar refractivity (Wildman–Crippen MR) is 82.7 cm³/mol. The van der Waals surface area contributed by atoms with Crippen molar-refractivity contribution in [2.45, 2.75) is 13.3 Å². The van der Waals surface area contributed by atoms with E-state index < -0.39 is 0 Å². The van der Waals surface area contributed by atoms with E-state index in [1.807, 2.05) is 25.2 Å². The molecule has 2 aromatic carbocycles. The van der Waals surface area contributed by atoms with Gasteiger partial charge in [0.25, 0.3) is 0 Å². The zero-order valence-electron chi connectivity index (χ0n) is 11.8. The fraction of sp³-hybridized carbons (Fsp3) is 0.167. The van der Waals surface area contributed by atoms with Crippen LogP contribution in [0.25, 0.3) is 22.0 Å². The molecule has 2 heteroatoms. The van der Waals surface area contributed by atoms with Crippen molar-refractivity contribution in [2.75, 3.05) is 0 Å². The summed E-state index contributed by atoms with van der Waals surface area (Å²) in [7, 11) is 2.02. The number of benzene rings is 2. The molecule has 100 valence electrons. The molecule has 2 nitrogen and oxygen atoms in total. The van der Waals surface area contributed by atoms with E-state index in [1.54, 1.807) is 6.92 Å². The van der Waals surface area contributed by atoms with E-state index in [9.17, 15) is 4.79 Å². The molecule has 3 aromatic rings. The Balaban J connectivity index is 2.16. The maximum atomic E-state index is 11.4. The first-order valence-corrected chi connectivity index (χ1v) is 6.78. The highest BCUT2D eigenvalue weighted by Crippen LogP contribution is 2.27. The molecule has 0 spiro atoms. The summed E-state index contributed by atoms with van der Waals surface area (Å²) in [6.07, 6.45) is 2.55. The molecule has 0 amide bonds. The molecule has 0 aliphatic carbocycles. The highest BCUT2D eigenvalue weighted by molar-refractivity contribution is 5.92. The lowest BCUT2D eigenvalue weighted by molar-refractivity contribution is -0.116. The average Bonchev–Trinajstić information content (AvgIpc) is 2.75. The lowest BCUT2D eigenvalue weighted by atomic mass is 10.0. The van der Waals surface area contributed by atoms with Crippen molar-refractivity contribution in [3.63, 3.8) is 0 Å². The quantitative estimate of drug-likeness (QED) is 0.700. The standard InChI is InChI=1S/C18H17NO/c1-13(20)10-16-12-19(2)18-9-8-15(11-17(16)18)14-6-4-3-5-7-14/h3-9,11-12H,10H2,1-2H3. The zero-order valence-corrected chi connectivity index (χ0v) is 11.8. The third-order valence-corrected chi connectivity index (χ3v) is 3.62. The summed E-state index contributed by atoms with van der Waals surface area (Å²) >= 11 is 0. The minimum Gasteiger partial charge on any atom is -0.350 e. The van der Waals surface area contributed by atoms with Crippen LogP contribution in [0.4, 0.5) is 0 Å². The third kappa shape index (κ3) is 2.25. The number of Topliss-reactive ketones (excluding diaryl/α,β-unsaturated/α-hetero) is 1. The van der Waals surface area contributed by atoms with E-state index in [0.717, 1.165) is 5.56 Å². The number of hydrogen-bond acceptors (Lipinski definition) is 1. The predicted octanol–water partition coefficient (Wildman–Crippen LogP) is 3.98. The minimum atomic E-state index is 0.197. The van der Waals surface area contributed by atoms with E-state index in [2.05, 4.69) is 41.1 Å². The summed E-state index contributed by atoms with van der Waals surface area (Å²) in [6.45, 7) is 1.64. The molecule has 0 N–H and O–H groups in total. The molecule has 1 heterocycles. The normalized spacial score (nSPS) is 10.9. The van der Waals surface area contributed by atoms with Crippen LogP contribution in [0.5, 0.6) is 0 Å². The number of ketones is 1. The van der Waals surface area contributed by atoms with Crippen molar-refractivity contribution in [3.8, 4) is 11.1 Å². The number of carbonyl (C=O) groups excluding carboxylic acids is 1. The smallest absolute Gasteiger partial charge is 0.134 e. The molecule has 0 radical (unpaired) electrons. The van der Waals surface area contributed by atoms with Crippen LogP contribution in [0.1, 0.15) is 12.5 Å². The topological polar surface area (TPSA) is 22.0 Å². The summed E-state index contributed by atoms with van der Waals surface area (Å²) in [4.78, 5) is 11.4. The van der Waals surface area contributed by atoms with Gasteiger partial charge in [-0.2, -0.15) is 0 Å². The molecule has 0 unspecified atom stereocenters. The second-order valence-corrected chi connectivity index (χ2v) is 5.24.